The molecule has 2 rings (SSSR count). The SMILES string of the molecule is CCOc1ccc(S(=O)(=O)N2CCOCC2)cc1[C@@H](C)CC. The molecule has 5 nitrogen and oxygen atoms in total. The van der Waals surface area contributed by atoms with Crippen LogP contribution in [-0.4, -0.2) is 45.6 Å². The quantitative estimate of drug-likeness (QED) is 0.806. The maximum absolute atomic E-state index is 12.7. The number of hydrogen-bond acceptors (Lipinski definition) is 4. The molecule has 1 aliphatic heterocycles. The molecule has 0 unspecified atom stereocenters. The third-order valence-corrected chi connectivity index (χ3v) is 5.93. The molecule has 22 heavy (non-hydrogen) atoms. The summed E-state index contributed by atoms with van der Waals surface area (Å²) in [6.45, 7) is 8.40. The minimum Gasteiger partial charge on any atom is -0.494 e. The van der Waals surface area contributed by atoms with Crippen LogP contribution in [0.4, 0.5) is 0 Å². The first-order chi connectivity index (χ1) is 10.5. The van der Waals surface area contributed by atoms with Crippen LogP contribution in [0.3, 0.4) is 0 Å². The van der Waals surface area contributed by atoms with Gasteiger partial charge in [-0.25, -0.2) is 8.42 Å². The Hall–Kier alpha value is -1.11. The van der Waals surface area contributed by atoms with Gasteiger partial charge in [0.05, 0.1) is 24.7 Å². The second kappa shape index (κ2) is 7.44. The zero-order chi connectivity index (χ0) is 16.2. The first kappa shape index (κ1) is 17.2. The number of ether oxygens (including phenoxy) is 2. The van der Waals surface area contributed by atoms with Crippen LogP contribution in [0.5, 0.6) is 5.75 Å². The van der Waals surface area contributed by atoms with Gasteiger partial charge in [0.25, 0.3) is 0 Å². The Labute approximate surface area is 133 Å². The van der Waals surface area contributed by atoms with E-state index in [2.05, 4.69) is 13.8 Å². The van der Waals surface area contributed by atoms with Crippen LogP contribution in [0, 0.1) is 0 Å². The van der Waals surface area contributed by atoms with E-state index in [0.29, 0.717) is 37.8 Å². The summed E-state index contributed by atoms with van der Waals surface area (Å²) in [6.07, 6.45) is 0.932. The molecule has 0 N–H and O–H groups in total. The van der Waals surface area contributed by atoms with Gasteiger partial charge in [-0.3, -0.25) is 0 Å². The van der Waals surface area contributed by atoms with Crippen LogP contribution in [-0.2, 0) is 14.8 Å². The van der Waals surface area contributed by atoms with Crippen molar-refractivity contribution in [1.82, 2.24) is 4.31 Å². The van der Waals surface area contributed by atoms with E-state index in [1.807, 2.05) is 6.92 Å². The smallest absolute Gasteiger partial charge is 0.243 e. The first-order valence-electron chi connectivity index (χ1n) is 7.85. The lowest BCUT2D eigenvalue weighted by molar-refractivity contribution is 0.0730. The van der Waals surface area contributed by atoms with Gasteiger partial charge in [0.1, 0.15) is 5.75 Å². The minimum atomic E-state index is -3.46. The monoisotopic (exact) mass is 327 g/mol. The van der Waals surface area contributed by atoms with Crippen molar-refractivity contribution in [3.05, 3.63) is 23.8 Å². The van der Waals surface area contributed by atoms with E-state index in [1.54, 1.807) is 18.2 Å². The Morgan fingerprint density at radius 1 is 1.27 bits per heavy atom. The Kier molecular flexibility index (Phi) is 5.83. The molecule has 0 amide bonds. The zero-order valence-corrected chi connectivity index (χ0v) is 14.4. The van der Waals surface area contributed by atoms with E-state index in [1.165, 1.54) is 4.31 Å². The third-order valence-electron chi connectivity index (χ3n) is 4.03. The average Bonchev–Trinajstić information content (AvgIpc) is 2.55. The molecule has 1 fully saturated rings. The van der Waals surface area contributed by atoms with Crippen molar-refractivity contribution in [3.8, 4) is 5.75 Å². The van der Waals surface area contributed by atoms with Gasteiger partial charge in [0, 0.05) is 13.1 Å². The van der Waals surface area contributed by atoms with Gasteiger partial charge >= 0.3 is 0 Å². The first-order valence-corrected chi connectivity index (χ1v) is 9.29. The molecular formula is C16H25NO4S. The van der Waals surface area contributed by atoms with E-state index in [9.17, 15) is 8.42 Å². The second-order valence-corrected chi connectivity index (χ2v) is 7.40. The minimum absolute atomic E-state index is 0.251. The highest BCUT2D eigenvalue weighted by molar-refractivity contribution is 7.89. The maximum atomic E-state index is 12.7. The molecule has 1 aliphatic rings. The summed E-state index contributed by atoms with van der Waals surface area (Å²) in [6, 6.07) is 5.18. The van der Waals surface area contributed by atoms with Crippen LogP contribution in [0.2, 0.25) is 0 Å². The predicted octanol–water partition coefficient (Wildman–Crippen LogP) is 2.62. The highest BCUT2D eigenvalue weighted by Crippen LogP contribution is 2.32. The molecule has 0 saturated carbocycles. The van der Waals surface area contributed by atoms with E-state index >= 15 is 0 Å². The number of rotatable bonds is 6. The van der Waals surface area contributed by atoms with Gasteiger partial charge < -0.3 is 9.47 Å². The normalized spacial score (nSPS) is 18.1. The Balaban J connectivity index is 2.38. The highest BCUT2D eigenvalue weighted by Gasteiger charge is 2.27. The molecule has 0 spiro atoms. The molecule has 0 aromatic heterocycles. The number of sulfonamides is 1. The van der Waals surface area contributed by atoms with Crippen LogP contribution < -0.4 is 4.74 Å². The van der Waals surface area contributed by atoms with Gasteiger partial charge in [-0.1, -0.05) is 13.8 Å². The summed E-state index contributed by atoms with van der Waals surface area (Å²) >= 11 is 0. The number of nitrogens with zero attached hydrogens (tertiary/aromatic N) is 1. The summed E-state index contributed by atoms with van der Waals surface area (Å²) in [5, 5.41) is 0. The lowest BCUT2D eigenvalue weighted by Crippen LogP contribution is -2.40. The highest BCUT2D eigenvalue weighted by atomic mass is 32.2. The molecule has 6 heteroatoms. The van der Waals surface area contributed by atoms with Gasteiger partial charge in [0.15, 0.2) is 0 Å². The van der Waals surface area contributed by atoms with Gasteiger partial charge in [-0.05, 0) is 43.0 Å². The van der Waals surface area contributed by atoms with Crippen LogP contribution in [0.15, 0.2) is 23.1 Å². The van der Waals surface area contributed by atoms with E-state index < -0.39 is 10.0 Å². The second-order valence-electron chi connectivity index (χ2n) is 5.46. The lowest BCUT2D eigenvalue weighted by Gasteiger charge is -2.26. The standard InChI is InChI=1S/C16H25NO4S/c1-4-13(3)15-12-14(6-7-16(15)21-5-2)22(18,19)17-8-10-20-11-9-17/h6-7,12-13H,4-5,8-11H2,1-3H3/t13-/m0/s1. The maximum Gasteiger partial charge on any atom is 0.243 e. The molecule has 0 radical (unpaired) electrons. The van der Waals surface area contributed by atoms with Gasteiger partial charge in [-0.2, -0.15) is 4.31 Å². The molecule has 0 bridgehead atoms. The van der Waals surface area contributed by atoms with Crippen molar-refractivity contribution < 1.29 is 17.9 Å². The van der Waals surface area contributed by atoms with Crippen molar-refractivity contribution in [3.63, 3.8) is 0 Å². The molecule has 1 heterocycles. The van der Waals surface area contributed by atoms with E-state index in [-0.39, 0.29) is 5.92 Å². The Morgan fingerprint density at radius 2 is 1.95 bits per heavy atom. The van der Waals surface area contributed by atoms with Gasteiger partial charge in [0.2, 0.25) is 10.0 Å². The molecule has 0 aliphatic carbocycles. The number of benzene rings is 1. The van der Waals surface area contributed by atoms with Crippen LogP contribution in [0.25, 0.3) is 0 Å². The largest absolute Gasteiger partial charge is 0.494 e. The summed E-state index contributed by atoms with van der Waals surface area (Å²) in [5.41, 5.74) is 0.957. The van der Waals surface area contributed by atoms with E-state index in [0.717, 1.165) is 17.7 Å². The van der Waals surface area contributed by atoms with Crippen LogP contribution in [0.1, 0.15) is 38.7 Å². The van der Waals surface area contributed by atoms with E-state index in [4.69, 9.17) is 9.47 Å². The fourth-order valence-corrected chi connectivity index (χ4v) is 3.96. The summed E-state index contributed by atoms with van der Waals surface area (Å²) < 4.78 is 37.9. The molecule has 1 atom stereocenters. The van der Waals surface area contributed by atoms with Crippen molar-refractivity contribution >= 4 is 10.0 Å². The lowest BCUT2D eigenvalue weighted by atomic mass is 9.98. The molecule has 1 aromatic carbocycles. The average molecular weight is 327 g/mol. The fraction of sp³-hybridized carbons (Fsp3) is 0.625. The summed E-state index contributed by atoms with van der Waals surface area (Å²) in [5.74, 6) is 1.03. The predicted molar refractivity (Wildman–Crippen MR) is 85.9 cm³/mol. The summed E-state index contributed by atoms with van der Waals surface area (Å²) in [7, 11) is -3.46. The number of hydrogen-bond donors (Lipinski definition) is 0. The molecule has 124 valence electrons. The molecule has 1 aromatic rings. The van der Waals surface area contributed by atoms with Crippen molar-refractivity contribution in [2.75, 3.05) is 32.9 Å². The topological polar surface area (TPSA) is 55.8 Å². The third kappa shape index (κ3) is 3.62. The Bertz CT molecular complexity index is 594. The van der Waals surface area contributed by atoms with Crippen molar-refractivity contribution in [1.29, 1.82) is 0 Å². The zero-order valence-electron chi connectivity index (χ0n) is 13.5. The summed E-state index contributed by atoms with van der Waals surface area (Å²) in [4.78, 5) is 0.341. The van der Waals surface area contributed by atoms with Crippen molar-refractivity contribution in [2.45, 2.75) is 38.0 Å². The number of morpholine rings is 1. The van der Waals surface area contributed by atoms with Gasteiger partial charge in [-0.15, -0.1) is 0 Å². The van der Waals surface area contributed by atoms with Crippen molar-refractivity contribution in [2.24, 2.45) is 0 Å². The molecule has 1 saturated heterocycles. The Morgan fingerprint density at radius 3 is 2.55 bits per heavy atom. The fourth-order valence-electron chi connectivity index (χ4n) is 2.52. The van der Waals surface area contributed by atoms with Crippen LogP contribution >= 0.6 is 0 Å². The molecular weight excluding hydrogens is 302 g/mol.